The van der Waals surface area contributed by atoms with Crippen molar-refractivity contribution in [2.24, 2.45) is 0 Å². The Bertz CT molecular complexity index is 467. The molecule has 2 rings (SSSR count). The highest BCUT2D eigenvalue weighted by molar-refractivity contribution is 5.76. The molecule has 0 bridgehead atoms. The third-order valence-electron chi connectivity index (χ3n) is 3.95. The highest BCUT2D eigenvalue weighted by Crippen LogP contribution is 2.21. The minimum Gasteiger partial charge on any atom is -0.338 e. The topological polar surface area (TPSA) is 32.3 Å². The summed E-state index contributed by atoms with van der Waals surface area (Å²) in [4.78, 5) is 14.0. The molecule has 0 unspecified atom stereocenters. The average Bonchev–Trinajstić information content (AvgIpc) is 2.55. The van der Waals surface area contributed by atoms with Crippen LogP contribution in [-0.2, 0) is 0 Å². The molecule has 2 amide bonds. The van der Waals surface area contributed by atoms with Crippen molar-refractivity contribution in [2.75, 3.05) is 19.6 Å². The van der Waals surface area contributed by atoms with Crippen LogP contribution >= 0.6 is 0 Å². The number of unbranched alkanes of at least 4 members (excludes halogenated alkanes) is 3. The second-order valence-electron chi connectivity index (χ2n) is 5.58. The second-order valence-corrected chi connectivity index (χ2v) is 5.58. The van der Waals surface area contributed by atoms with E-state index < -0.39 is 0 Å². The van der Waals surface area contributed by atoms with Gasteiger partial charge in [0.25, 0.3) is 0 Å². The number of nitrogens with zero attached hydrogens (tertiary/aromatic N) is 1. The molecule has 1 aliphatic rings. The summed E-state index contributed by atoms with van der Waals surface area (Å²) in [6.45, 7) is 4.51. The van der Waals surface area contributed by atoms with E-state index in [9.17, 15) is 4.79 Å². The van der Waals surface area contributed by atoms with Gasteiger partial charge in [-0.1, -0.05) is 62.6 Å². The van der Waals surface area contributed by atoms with Crippen LogP contribution in [0.3, 0.4) is 0 Å². The summed E-state index contributed by atoms with van der Waals surface area (Å²) >= 11 is 0. The summed E-state index contributed by atoms with van der Waals surface area (Å²) in [6, 6.07) is 10.5. The first-order valence-electron chi connectivity index (χ1n) is 8.08. The van der Waals surface area contributed by atoms with Crippen molar-refractivity contribution in [1.29, 1.82) is 0 Å². The van der Waals surface area contributed by atoms with Gasteiger partial charge in [-0.3, -0.25) is 0 Å². The molecule has 0 aliphatic carbocycles. The molecule has 0 saturated heterocycles. The Balaban J connectivity index is 1.75. The summed E-state index contributed by atoms with van der Waals surface area (Å²) < 4.78 is 0. The quantitative estimate of drug-likeness (QED) is 0.786. The van der Waals surface area contributed by atoms with Crippen LogP contribution in [0.4, 0.5) is 4.79 Å². The third kappa shape index (κ3) is 4.92. The highest BCUT2D eigenvalue weighted by Gasteiger charge is 2.17. The van der Waals surface area contributed by atoms with Gasteiger partial charge in [-0.15, -0.1) is 0 Å². The number of rotatable bonds is 6. The summed E-state index contributed by atoms with van der Waals surface area (Å²) in [5, 5.41) is 3.02. The van der Waals surface area contributed by atoms with E-state index in [1.54, 1.807) is 0 Å². The minimum absolute atomic E-state index is 0.0786. The molecule has 0 radical (unpaired) electrons. The molecule has 1 aromatic rings. The van der Waals surface area contributed by atoms with Crippen molar-refractivity contribution in [1.82, 2.24) is 10.2 Å². The van der Waals surface area contributed by atoms with Crippen molar-refractivity contribution in [3.63, 3.8) is 0 Å². The lowest BCUT2D eigenvalue weighted by molar-refractivity contribution is 0.203. The molecule has 3 heteroatoms. The van der Waals surface area contributed by atoms with E-state index in [1.807, 2.05) is 11.0 Å². The van der Waals surface area contributed by atoms with E-state index in [2.05, 4.69) is 42.6 Å². The Labute approximate surface area is 128 Å². The summed E-state index contributed by atoms with van der Waals surface area (Å²) in [7, 11) is 0. The number of carbonyl (C=O) groups is 1. The summed E-state index contributed by atoms with van der Waals surface area (Å²) in [6.07, 6.45) is 7.88. The lowest BCUT2D eigenvalue weighted by atomic mass is 10.00. The van der Waals surface area contributed by atoms with Gasteiger partial charge in [0.1, 0.15) is 0 Å². The SMILES string of the molecule is CCCCCCNC(=O)N1CC=C(c2ccccc2)CC1. The predicted octanol–water partition coefficient (Wildman–Crippen LogP) is 4.07. The van der Waals surface area contributed by atoms with Crippen molar-refractivity contribution >= 4 is 11.6 Å². The van der Waals surface area contributed by atoms with E-state index in [4.69, 9.17) is 0 Å². The first-order chi connectivity index (χ1) is 10.3. The molecular formula is C18H26N2O. The zero-order valence-corrected chi connectivity index (χ0v) is 13.0. The number of carbonyl (C=O) groups excluding carboxylic acids is 1. The normalized spacial score (nSPS) is 14.7. The van der Waals surface area contributed by atoms with Crippen molar-refractivity contribution in [3.8, 4) is 0 Å². The molecule has 0 fully saturated rings. The maximum Gasteiger partial charge on any atom is 0.317 e. The zero-order chi connectivity index (χ0) is 14.9. The molecule has 1 N–H and O–H groups in total. The standard InChI is InChI=1S/C18H26N2O/c1-2-3-4-8-13-19-18(21)20-14-11-17(12-15-20)16-9-6-5-7-10-16/h5-7,9-11H,2-4,8,12-15H2,1H3,(H,19,21). The van der Waals surface area contributed by atoms with Crippen molar-refractivity contribution in [3.05, 3.63) is 42.0 Å². The highest BCUT2D eigenvalue weighted by atomic mass is 16.2. The van der Waals surface area contributed by atoms with Crippen LogP contribution in [0.5, 0.6) is 0 Å². The molecule has 0 spiro atoms. The molecular weight excluding hydrogens is 260 g/mol. The van der Waals surface area contributed by atoms with Gasteiger partial charge in [0.15, 0.2) is 0 Å². The van der Waals surface area contributed by atoms with Crippen LogP contribution < -0.4 is 5.32 Å². The van der Waals surface area contributed by atoms with Crippen LogP contribution in [0.1, 0.15) is 44.6 Å². The number of hydrogen-bond donors (Lipinski definition) is 1. The van der Waals surface area contributed by atoms with E-state index in [1.165, 1.54) is 30.4 Å². The maximum absolute atomic E-state index is 12.1. The van der Waals surface area contributed by atoms with Crippen LogP contribution in [0.15, 0.2) is 36.4 Å². The van der Waals surface area contributed by atoms with E-state index >= 15 is 0 Å². The number of amides is 2. The van der Waals surface area contributed by atoms with Crippen molar-refractivity contribution < 1.29 is 4.79 Å². The molecule has 0 saturated carbocycles. The lowest BCUT2D eigenvalue weighted by Gasteiger charge is -2.27. The second kappa shape index (κ2) is 8.50. The number of hydrogen-bond acceptors (Lipinski definition) is 1. The molecule has 21 heavy (non-hydrogen) atoms. The van der Waals surface area contributed by atoms with E-state index in [-0.39, 0.29) is 6.03 Å². The van der Waals surface area contributed by atoms with Gasteiger partial charge in [-0.2, -0.15) is 0 Å². The van der Waals surface area contributed by atoms with Gasteiger partial charge >= 0.3 is 6.03 Å². The molecule has 3 nitrogen and oxygen atoms in total. The Hall–Kier alpha value is -1.77. The maximum atomic E-state index is 12.1. The average molecular weight is 286 g/mol. The fourth-order valence-electron chi connectivity index (χ4n) is 2.63. The Morgan fingerprint density at radius 1 is 1.19 bits per heavy atom. The monoisotopic (exact) mass is 286 g/mol. The van der Waals surface area contributed by atoms with Crippen LogP contribution in [0, 0.1) is 0 Å². The predicted molar refractivity (Wildman–Crippen MR) is 88.1 cm³/mol. The largest absolute Gasteiger partial charge is 0.338 e. The van der Waals surface area contributed by atoms with Gasteiger partial charge in [0, 0.05) is 19.6 Å². The first-order valence-corrected chi connectivity index (χ1v) is 8.08. The Kier molecular flexibility index (Phi) is 6.32. The number of nitrogens with one attached hydrogen (secondary N) is 1. The zero-order valence-electron chi connectivity index (χ0n) is 13.0. The molecule has 114 valence electrons. The number of benzene rings is 1. The van der Waals surface area contributed by atoms with E-state index in [0.29, 0.717) is 6.54 Å². The molecule has 1 aromatic carbocycles. The summed E-state index contributed by atoms with van der Waals surface area (Å²) in [5.41, 5.74) is 2.62. The number of urea groups is 1. The smallest absolute Gasteiger partial charge is 0.317 e. The molecule has 0 atom stereocenters. The van der Waals surface area contributed by atoms with Crippen LogP contribution in [-0.4, -0.2) is 30.6 Å². The van der Waals surface area contributed by atoms with Crippen molar-refractivity contribution in [2.45, 2.75) is 39.0 Å². The summed E-state index contributed by atoms with van der Waals surface area (Å²) in [5.74, 6) is 0. The Morgan fingerprint density at radius 3 is 2.67 bits per heavy atom. The molecule has 0 aromatic heterocycles. The Morgan fingerprint density at radius 2 is 2.00 bits per heavy atom. The van der Waals surface area contributed by atoms with Gasteiger partial charge in [0.2, 0.25) is 0 Å². The lowest BCUT2D eigenvalue weighted by Crippen LogP contribution is -2.42. The van der Waals surface area contributed by atoms with Gasteiger partial charge in [-0.25, -0.2) is 4.79 Å². The molecule has 1 aliphatic heterocycles. The molecule has 1 heterocycles. The third-order valence-corrected chi connectivity index (χ3v) is 3.95. The van der Waals surface area contributed by atoms with Crippen LogP contribution in [0.25, 0.3) is 5.57 Å². The van der Waals surface area contributed by atoms with Gasteiger partial charge < -0.3 is 10.2 Å². The van der Waals surface area contributed by atoms with Crippen LogP contribution in [0.2, 0.25) is 0 Å². The fourth-order valence-corrected chi connectivity index (χ4v) is 2.63. The van der Waals surface area contributed by atoms with Gasteiger partial charge in [-0.05, 0) is 24.0 Å². The van der Waals surface area contributed by atoms with Gasteiger partial charge in [0.05, 0.1) is 0 Å². The first kappa shape index (κ1) is 15.6. The minimum atomic E-state index is 0.0786. The van der Waals surface area contributed by atoms with E-state index in [0.717, 1.165) is 25.9 Å². The fraction of sp³-hybridized carbons (Fsp3) is 0.500.